The second kappa shape index (κ2) is 11.7. The van der Waals surface area contributed by atoms with Crippen molar-refractivity contribution >= 4 is 28.9 Å². The van der Waals surface area contributed by atoms with Gasteiger partial charge in [0, 0.05) is 0 Å². The van der Waals surface area contributed by atoms with Gasteiger partial charge in [-0.3, -0.25) is 4.79 Å². The fraction of sp³-hybridized carbons (Fsp3) is 0.138. The van der Waals surface area contributed by atoms with Gasteiger partial charge in [0.15, 0.2) is 17.6 Å². The molecule has 1 unspecified atom stereocenters. The summed E-state index contributed by atoms with van der Waals surface area (Å²) in [5.74, 6) is 0.417. The van der Waals surface area contributed by atoms with E-state index in [1.807, 2.05) is 55.5 Å². The number of rotatable bonds is 9. The minimum absolute atomic E-state index is 0.296. The first kappa shape index (κ1) is 24.5. The quantitative estimate of drug-likeness (QED) is 0.150. The Balaban J connectivity index is 1.37. The summed E-state index contributed by atoms with van der Waals surface area (Å²) in [7, 11) is 0. The van der Waals surface area contributed by atoms with Gasteiger partial charge in [-0.2, -0.15) is 5.10 Å². The number of amides is 1. The first-order chi connectivity index (χ1) is 17.5. The third-order valence-corrected chi connectivity index (χ3v) is 5.27. The molecule has 0 aliphatic carbocycles. The standard InChI is InChI=1S/C29H26N2O5/c1-3-34-27-17-21(13-16-26(27)36-29(33)23-10-5-4-6-11-23)19-30-31-28(32)20(2)35-25-15-14-22-9-7-8-12-24(22)18-25/h4-20H,3H2,1-2H3,(H,31,32). The van der Waals surface area contributed by atoms with E-state index in [1.54, 1.807) is 49.4 Å². The second-order valence-corrected chi connectivity index (χ2v) is 7.90. The first-order valence-electron chi connectivity index (χ1n) is 11.6. The highest BCUT2D eigenvalue weighted by Gasteiger charge is 2.15. The highest BCUT2D eigenvalue weighted by Crippen LogP contribution is 2.29. The van der Waals surface area contributed by atoms with Crippen LogP contribution in [0.2, 0.25) is 0 Å². The van der Waals surface area contributed by atoms with Crippen molar-refractivity contribution in [2.75, 3.05) is 6.61 Å². The molecule has 0 fully saturated rings. The minimum atomic E-state index is -0.748. The van der Waals surface area contributed by atoms with Crippen LogP contribution in [0.1, 0.15) is 29.8 Å². The molecule has 4 aromatic carbocycles. The third-order valence-electron chi connectivity index (χ3n) is 5.27. The summed E-state index contributed by atoms with van der Waals surface area (Å²) < 4.78 is 16.9. The van der Waals surface area contributed by atoms with Gasteiger partial charge in [0.05, 0.1) is 18.4 Å². The highest BCUT2D eigenvalue weighted by molar-refractivity contribution is 5.91. The molecule has 0 bridgehead atoms. The molecule has 0 saturated heterocycles. The first-order valence-corrected chi connectivity index (χ1v) is 11.6. The van der Waals surface area contributed by atoms with Crippen LogP contribution in [0, 0.1) is 0 Å². The molecule has 0 aliphatic heterocycles. The molecular weight excluding hydrogens is 456 g/mol. The van der Waals surface area contributed by atoms with Crippen molar-refractivity contribution in [1.29, 1.82) is 0 Å². The van der Waals surface area contributed by atoms with Crippen LogP contribution in [0.25, 0.3) is 10.8 Å². The van der Waals surface area contributed by atoms with Crippen molar-refractivity contribution in [3.8, 4) is 17.2 Å². The molecule has 182 valence electrons. The van der Waals surface area contributed by atoms with E-state index < -0.39 is 18.0 Å². The lowest BCUT2D eigenvalue weighted by Crippen LogP contribution is -2.33. The predicted molar refractivity (Wildman–Crippen MR) is 139 cm³/mol. The Labute approximate surface area is 209 Å². The average Bonchev–Trinajstić information content (AvgIpc) is 2.90. The summed E-state index contributed by atoms with van der Waals surface area (Å²) in [5.41, 5.74) is 3.58. The Morgan fingerprint density at radius 2 is 1.64 bits per heavy atom. The molecule has 0 aromatic heterocycles. The van der Waals surface area contributed by atoms with Gasteiger partial charge in [0.2, 0.25) is 0 Å². The molecule has 0 heterocycles. The van der Waals surface area contributed by atoms with Gasteiger partial charge in [-0.05, 0) is 72.6 Å². The molecular formula is C29H26N2O5. The van der Waals surface area contributed by atoms with E-state index in [-0.39, 0.29) is 0 Å². The number of nitrogens with zero attached hydrogens (tertiary/aromatic N) is 1. The van der Waals surface area contributed by atoms with Crippen LogP contribution in [0.3, 0.4) is 0 Å². The van der Waals surface area contributed by atoms with Gasteiger partial charge in [-0.25, -0.2) is 10.2 Å². The van der Waals surface area contributed by atoms with Crippen molar-refractivity contribution in [2.45, 2.75) is 20.0 Å². The number of ether oxygens (including phenoxy) is 3. The van der Waals surface area contributed by atoms with Gasteiger partial charge < -0.3 is 14.2 Å². The maximum absolute atomic E-state index is 12.4. The molecule has 0 saturated carbocycles. The molecule has 4 rings (SSSR count). The number of carbonyl (C=O) groups is 2. The van der Waals surface area contributed by atoms with Crippen molar-refractivity contribution in [3.63, 3.8) is 0 Å². The topological polar surface area (TPSA) is 86.2 Å². The zero-order valence-corrected chi connectivity index (χ0v) is 20.0. The van der Waals surface area contributed by atoms with E-state index in [9.17, 15) is 9.59 Å². The average molecular weight is 483 g/mol. The lowest BCUT2D eigenvalue weighted by atomic mass is 10.1. The fourth-order valence-electron chi connectivity index (χ4n) is 3.45. The number of nitrogens with one attached hydrogen (secondary N) is 1. The van der Waals surface area contributed by atoms with E-state index in [2.05, 4.69) is 10.5 Å². The normalized spacial score (nSPS) is 11.7. The van der Waals surface area contributed by atoms with Crippen LogP contribution in [0.5, 0.6) is 17.2 Å². The summed E-state index contributed by atoms with van der Waals surface area (Å²) in [6.45, 7) is 3.88. The molecule has 0 spiro atoms. The van der Waals surface area contributed by atoms with Gasteiger partial charge in [-0.15, -0.1) is 0 Å². The van der Waals surface area contributed by atoms with Gasteiger partial charge in [0.1, 0.15) is 5.75 Å². The molecule has 36 heavy (non-hydrogen) atoms. The second-order valence-electron chi connectivity index (χ2n) is 7.90. The van der Waals surface area contributed by atoms with Crippen molar-refractivity contribution < 1.29 is 23.8 Å². The van der Waals surface area contributed by atoms with E-state index in [1.165, 1.54) is 6.21 Å². The predicted octanol–water partition coefficient (Wildman–Crippen LogP) is 5.38. The maximum atomic E-state index is 12.4. The zero-order valence-electron chi connectivity index (χ0n) is 20.0. The lowest BCUT2D eigenvalue weighted by molar-refractivity contribution is -0.127. The summed E-state index contributed by atoms with van der Waals surface area (Å²) >= 11 is 0. The Hall–Kier alpha value is -4.65. The Bertz CT molecular complexity index is 1390. The molecule has 1 amide bonds. The van der Waals surface area contributed by atoms with Crippen LogP contribution in [-0.2, 0) is 4.79 Å². The molecule has 7 heteroatoms. The number of esters is 1. The van der Waals surface area contributed by atoms with Crippen molar-refractivity contribution in [3.05, 3.63) is 102 Å². The Morgan fingerprint density at radius 3 is 2.42 bits per heavy atom. The number of carbonyl (C=O) groups excluding carboxylic acids is 2. The SMILES string of the molecule is CCOc1cc(C=NNC(=O)C(C)Oc2ccc3ccccc3c2)ccc1OC(=O)c1ccccc1. The summed E-state index contributed by atoms with van der Waals surface area (Å²) in [6, 6.07) is 27.3. The fourth-order valence-corrected chi connectivity index (χ4v) is 3.45. The van der Waals surface area contributed by atoms with Gasteiger partial charge >= 0.3 is 5.97 Å². The van der Waals surface area contributed by atoms with Gasteiger partial charge in [-0.1, -0.05) is 48.5 Å². The van der Waals surface area contributed by atoms with Crippen LogP contribution in [-0.4, -0.2) is 30.8 Å². The number of hydrogen-bond donors (Lipinski definition) is 1. The Kier molecular flexibility index (Phi) is 7.93. The molecule has 0 aliphatic rings. The van der Waals surface area contributed by atoms with E-state index in [4.69, 9.17) is 14.2 Å². The van der Waals surface area contributed by atoms with Crippen LogP contribution in [0.4, 0.5) is 0 Å². The van der Waals surface area contributed by atoms with E-state index >= 15 is 0 Å². The number of hydrazone groups is 1. The maximum Gasteiger partial charge on any atom is 0.343 e. The van der Waals surface area contributed by atoms with Crippen molar-refractivity contribution in [2.24, 2.45) is 5.10 Å². The number of hydrogen-bond acceptors (Lipinski definition) is 6. The summed E-state index contributed by atoms with van der Waals surface area (Å²) in [6.07, 6.45) is 0.730. The molecule has 4 aromatic rings. The summed E-state index contributed by atoms with van der Waals surface area (Å²) in [5, 5.41) is 6.15. The zero-order chi connectivity index (χ0) is 25.3. The molecule has 1 atom stereocenters. The monoisotopic (exact) mass is 482 g/mol. The number of fused-ring (bicyclic) bond motifs is 1. The van der Waals surface area contributed by atoms with Crippen LogP contribution < -0.4 is 19.6 Å². The largest absolute Gasteiger partial charge is 0.490 e. The third kappa shape index (κ3) is 6.27. The van der Waals surface area contributed by atoms with Crippen molar-refractivity contribution in [1.82, 2.24) is 5.43 Å². The summed E-state index contributed by atoms with van der Waals surface area (Å²) in [4.78, 5) is 24.8. The minimum Gasteiger partial charge on any atom is -0.490 e. The Morgan fingerprint density at radius 1 is 0.889 bits per heavy atom. The van der Waals surface area contributed by atoms with Crippen LogP contribution >= 0.6 is 0 Å². The molecule has 0 radical (unpaired) electrons. The molecule has 1 N–H and O–H groups in total. The van der Waals surface area contributed by atoms with Gasteiger partial charge in [0.25, 0.3) is 5.91 Å². The lowest BCUT2D eigenvalue weighted by Gasteiger charge is -2.13. The van der Waals surface area contributed by atoms with E-state index in [0.29, 0.717) is 35.0 Å². The smallest absolute Gasteiger partial charge is 0.343 e. The highest BCUT2D eigenvalue weighted by atomic mass is 16.6. The van der Waals surface area contributed by atoms with E-state index in [0.717, 1.165) is 10.8 Å². The number of benzene rings is 4. The molecule has 7 nitrogen and oxygen atoms in total. The van der Waals surface area contributed by atoms with Crippen LogP contribution in [0.15, 0.2) is 96.1 Å².